The molecule has 0 spiro atoms. The van der Waals surface area contributed by atoms with Crippen molar-refractivity contribution in [3.63, 3.8) is 0 Å². The molecule has 1 aliphatic rings. The van der Waals surface area contributed by atoms with E-state index in [2.05, 4.69) is 11.8 Å². The van der Waals surface area contributed by atoms with Crippen molar-refractivity contribution in [2.75, 3.05) is 13.2 Å². The number of carbonyl (C=O) groups excluding carboxylic acids is 1. The van der Waals surface area contributed by atoms with E-state index in [1.165, 1.54) is 0 Å². The molecule has 0 bridgehead atoms. The Labute approximate surface area is 99.7 Å². The highest BCUT2D eigenvalue weighted by molar-refractivity contribution is 5.76. The molecule has 0 atom stereocenters. The van der Waals surface area contributed by atoms with E-state index in [1.807, 2.05) is 24.3 Å². The van der Waals surface area contributed by atoms with Gasteiger partial charge in [-0.2, -0.15) is 0 Å². The van der Waals surface area contributed by atoms with Crippen LogP contribution in [0, 0.1) is 11.8 Å². The lowest BCUT2D eigenvalue weighted by Crippen LogP contribution is -2.08. The summed E-state index contributed by atoms with van der Waals surface area (Å²) in [6, 6.07) is 7.56. The molecule has 0 radical (unpaired) electrons. The predicted molar refractivity (Wildman–Crippen MR) is 61.8 cm³/mol. The summed E-state index contributed by atoms with van der Waals surface area (Å²) in [6.45, 7) is 1.18. The Balaban J connectivity index is 2.20. The van der Waals surface area contributed by atoms with Gasteiger partial charge < -0.3 is 15.2 Å². The Morgan fingerprint density at radius 2 is 2.06 bits per heavy atom. The molecule has 1 fully saturated rings. The van der Waals surface area contributed by atoms with Crippen LogP contribution in [0.2, 0.25) is 0 Å². The zero-order valence-corrected chi connectivity index (χ0v) is 9.31. The van der Waals surface area contributed by atoms with Gasteiger partial charge in [0.25, 0.3) is 0 Å². The number of benzene rings is 1. The highest BCUT2D eigenvalue weighted by Crippen LogP contribution is 2.25. The number of hydrogen-bond acceptors (Lipinski definition) is 3. The molecule has 0 saturated carbocycles. The monoisotopic (exact) mass is 231 g/mol. The minimum atomic E-state index is -0.427. The van der Waals surface area contributed by atoms with Gasteiger partial charge in [-0.25, -0.2) is 0 Å². The average molecular weight is 231 g/mol. The fourth-order valence-electron chi connectivity index (χ4n) is 1.58. The lowest BCUT2D eigenvalue weighted by Gasteiger charge is -2.10. The standard InChI is InChI=1S/C13H13NO3/c14-12(15)7-3-5-10-4-1-2-6-11(10)13-16-8-9-17-13/h1-2,4,6,13H,7-9H2,(H2,14,15). The summed E-state index contributed by atoms with van der Waals surface area (Å²) in [6.07, 6.45) is -0.296. The zero-order valence-electron chi connectivity index (χ0n) is 9.31. The number of ether oxygens (including phenoxy) is 2. The third-order valence-electron chi connectivity index (χ3n) is 2.32. The maximum atomic E-state index is 10.6. The Hall–Kier alpha value is -1.83. The van der Waals surface area contributed by atoms with Gasteiger partial charge in [0.1, 0.15) is 0 Å². The van der Waals surface area contributed by atoms with E-state index < -0.39 is 5.91 Å². The van der Waals surface area contributed by atoms with E-state index >= 15 is 0 Å². The van der Waals surface area contributed by atoms with E-state index in [9.17, 15) is 4.79 Å². The van der Waals surface area contributed by atoms with Crippen LogP contribution in [0.1, 0.15) is 23.8 Å². The molecule has 88 valence electrons. The molecule has 1 aliphatic heterocycles. The number of primary amides is 1. The second kappa shape index (κ2) is 5.48. The van der Waals surface area contributed by atoms with Crippen LogP contribution >= 0.6 is 0 Å². The van der Waals surface area contributed by atoms with E-state index in [-0.39, 0.29) is 12.7 Å². The molecule has 0 unspecified atom stereocenters. The first-order chi connectivity index (χ1) is 8.27. The summed E-state index contributed by atoms with van der Waals surface area (Å²) in [7, 11) is 0. The normalized spacial score (nSPS) is 15.3. The van der Waals surface area contributed by atoms with Crippen molar-refractivity contribution in [2.45, 2.75) is 12.7 Å². The van der Waals surface area contributed by atoms with Crippen LogP contribution in [-0.2, 0) is 14.3 Å². The molecule has 4 nitrogen and oxygen atoms in total. The smallest absolute Gasteiger partial charge is 0.229 e. The van der Waals surface area contributed by atoms with Crippen molar-refractivity contribution in [2.24, 2.45) is 5.73 Å². The highest BCUT2D eigenvalue weighted by atomic mass is 16.7. The molecule has 1 aromatic rings. The zero-order chi connectivity index (χ0) is 12.1. The van der Waals surface area contributed by atoms with Gasteiger partial charge in [0.2, 0.25) is 5.91 Å². The second-order valence-electron chi connectivity index (χ2n) is 3.61. The maximum absolute atomic E-state index is 10.6. The summed E-state index contributed by atoms with van der Waals surface area (Å²) >= 11 is 0. The molecule has 2 N–H and O–H groups in total. The Morgan fingerprint density at radius 3 is 2.76 bits per heavy atom. The molecular weight excluding hydrogens is 218 g/mol. The minimum absolute atomic E-state index is 0.0563. The fraction of sp³-hybridized carbons (Fsp3) is 0.308. The highest BCUT2D eigenvalue weighted by Gasteiger charge is 2.20. The third-order valence-corrected chi connectivity index (χ3v) is 2.32. The van der Waals surface area contributed by atoms with Crippen LogP contribution < -0.4 is 5.73 Å². The molecule has 0 aliphatic carbocycles. The fourth-order valence-corrected chi connectivity index (χ4v) is 1.58. The maximum Gasteiger partial charge on any atom is 0.229 e. The Bertz CT molecular complexity index is 467. The van der Waals surface area contributed by atoms with Crippen molar-refractivity contribution < 1.29 is 14.3 Å². The summed E-state index contributed by atoms with van der Waals surface area (Å²) in [4.78, 5) is 10.6. The van der Waals surface area contributed by atoms with Crippen molar-refractivity contribution >= 4 is 5.91 Å². The quantitative estimate of drug-likeness (QED) is 0.771. The molecule has 1 saturated heterocycles. The number of carbonyl (C=O) groups is 1. The lowest BCUT2D eigenvalue weighted by molar-refractivity contribution is -0.117. The second-order valence-corrected chi connectivity index (χ2v) is 3.61. The number of amides is 1. The van der Waals surface area contributed by atoms with Gasteiger partial charge in [-0.1, -0.05) is 30.0 Å². The molecule has 4 heteroatoms. The van der Waals surface area contributed by atoms with Gasteiger partial charge >= 0.3 is 0 Å². The van der Waals surface area contributed by atoms with Crippen LogP contribution in [0.5, 0.6) is 0 Å². The van der Waals surface area contributed by atoms with E-state index in [0.717, 1.165) is 11.1 Å². The van der Waals surface area contributed by atoms with Crippen molar-refractivity contribution in [1.82, 2.24) is 0 Å². The molecule has 0 aromatic heterocycles. The van der Waals surface area contributed by atoms with E-state index in [0.29, 0.717) is 13.2 Å². The third kappa shape index (κ3) is 3.06. The number of rotatable bonds is 2. The van der Waals surface area contributed by atoms with Crippen molar-refractivity contribution in [3.8, 4) is 11.8 Å². The molecule has 17 heavy (non-hydrogen) atoms. The Morgan fingerprint density at radius 1 is 1.35 bits per heavy atom. The average Bonchev–Trinajstić information content (AvgIpc) is 2.82. The minimum Gasteiger partial charge on any atom is -0.369 e. The molecular formula is C13H13NO3. The van der Waals surface area contributed by atoms with E-state index in [1.54, 1.807) is 0 Å². The summed E-state index contributed by atoms with van der Waals surface area (Å²) in [5, 5.41) is 0. The van der Waals surface area contributed by atoms with E-state index in [4.69, 9.17) is 15.2 Å². The molecule has 1 amide bonds. The van der Waals surface area contributed by atoms with Crippen LogP contribution in [-0.4, -0.2) is 19.1 Å². The Kier molecular flexibility index (Phi) is 3.76. The lowest BCUT2D eigenvalue weighted by atomic mass is 10.1. The van der Waals surface area contributed by atoms with Crippen LogP contribution in [0.4, 0.5) is 0 Å². The van der Waals surface area contributed by atoms with Crippen LogP contribution in [0.3, 0.4) is 0 Å². The van der Waals surface area contributed by atoms with Gasteiger partial charge in [0, 0.05) is 11.1 Å². The summed E-state index contributed by atoms with van der Waals surface area (Å²) in [5.41, 5.74) is 6.72. The van der Waals surface area contributed by atoms with Crippen molar-refractivity contribution in [3.05, 3.63) is 35.4 Å². The van der Waals surface area contributed by atoms with Gasteiger partial charge in [-0.3, -0.25) is 4.79 Å². The largest absolute Gasteiger partial charge is 0.369 e. The van der Waals surface area contributed by atoms with Crippen molar-refractivity contribution in [1.29, 1.82) is 0 Å². The number of hydrogen-bond donors (Lipinski definition) is 1. The molecule has 1 heterocycles. The SMILES string of the molecule is NC(=O)CC#Cc1ccccc1C1OCCO1. The summed E-state index contributed by atoms with van der Waals surface area (Å²) < 4.78 is 10.9. The van der Waals surface area contributed by atoms with Gasteiger partial charge in [-0.15, -0.1) is 0 Å². The topological polar surface area (TPSA) is 61.6 Å². The first-order valence-electron chi connectivity index (χ1n) is 5.36. The van der Waals surface area contributed by atoms with Crippen LogP contribution in [0.15, 0.2) is 24.3 Å². The first-order valence-corrected chi connectivity index (χ1v) is 5.36. The van der Waals surface area contributed by atoms with Gasteiger partial charge in [0.15, 0.2) is 6.29 Å². The van der Waals surface area contributed by atoms with Gasteiger partial charge in [-0.05, 0) is 6.07 Å². The predicted octanol–water partition coefficient (Wildman–Crippen LogP) is 0.959. The summed E-state index contributed by atoms with van der Waals surface area (Å²) in [5.74, 6) is 5.21. The molecule has 1 aromatic carbocycles. The molecule has 2 rings (SSSR count). The first kappa shape index (κ1) is 11.6. The van der Waals surface area contributed by atoms with Crippen LogP contribution in [0.25, 0.3) is 0 Å². The number of nitrogens with two attached hydrogens (primary N) is 1. The van der Waals surface area contributed by atoms with Gasteiger partial charge in [0.05, 0.1) is 19.6 Å².